The number of carbonyl (C=O) groups is 1. The van der Waals surface area contributed by atoms with Gasteiger partial charge in [0.2, 0.25) is 10.0 Å². The molecule has 23 heavy (non-hydrogen) atoms. The second-order valence-corrected chi connectivity index (χ2v) is 6.86. The molecule has 1 heterocycles. The Morgan fingerprint density at radius 3 is 2.43 bits per heavy atom. The quantitative estimate of drug-likeness (QED) is 0.744. The van der Waals surface area contributed by atoms with Gasteiger partial charge in [-0.1, -0.05) is 35.5 Å². The Bertz CT molecular complexity index is 764. The average molecular weight is 338 g/mol. The number of ether oxygens (including phenoxy) is 1. The van der Waals surface area contributed by atoms with Gasteiger partial charge in [0.15, 0.2) is 5.76 Å². The van der Waals surface area contributed by atoms with Gasteiger partial charge in [0.05, 0.1) is 7.11 Å². The fourth-order valence-corrected chi connectivity index (χ4v) is 3.86. The van der Waals surface area contributed by atoms with Gasteiger partial charge in [-0.25, -0.2) is 8.42 Å². The van der Waals surface area contributed by atoms with E-state index in [2.05, 4.69) is 9.89 Å². The second kappa shape index (κ2) is 6.93. The summed E-state index contributed by atoms with van der Waals surface area (Å²) in [5.74, 6) is -0.457. The molecule has 124 valence electrons. The lowest BCUT2D eigenvalue weighted by atomic mass is 10.2. The first-order valence-corrected chi connectivity index (χ1v) is 8.34. The Hall–Kier alpha value is -2.19. The number of sulfonamides is 1. The molecule has 0 radical (unpaired) electrons. The topological polar surface area (TPSA) is 89.7 Å². The van der Waals surface area contributed by atoms with Crippen LogP contribution in [0.4, 0.5) is 0 Å². The molecule has 1 aromatic carbocycles. The number of aromatic nitrogens is 1. The zero-order valence-electron chi connectivity index (χ0n) is 13.1. The molecule has 7 nitrogen and oxygen atoms in total. The van der Waals surface area contributed by atoms with Crippen LogP contribution in [-0.4, -0.2) is 37.5 Å². The van der Waals surface area contributed by atoms with Crippen LogP contribution in [0.3, 0.4) is 0 Å². The third-order valence-electron chi connectivity index (χ3n) is 3.30. The normalized spacial score (nSPS) is 11.7. The number of rotatable bonds is 6. The van der Waals surface area contributed by atoms with Gasteiger partial charge in [-0.05, 0) is 19.4 Å². The van der Waals surface area contributed by atoms with Crippen LogP contribution in [0.15, 0.2) is 39.8 Å². The maximum atomic E-state index is 12.9. The van der Waals surface area contributed by atoms with E-state index in [-0.39, 0.29) is 22.9 Å². The second-order valence-electron chi connectivity index (χ2n) is 4.99. The molecule has 0 spiro atoms. The third kappa shape index (κ3) is 3.77. The lowest BCUT2D eigenvalue weighted by Gasteiger charge is -2.21. The van der Waals surface area contributed by atoms with Gasteiger partial charge in [0.1, 0.15) is 17.1 Å². The van der Waals surface area contributed by atoms with E-state index >= 15 is 0 Å². The van der Waals surface area contributed by atoms with Crippen LogP contribution < -0.4 is 0 Å². The van der Waals surface area contributed by atoms with Crippen molar-refractivity contribution in [3.8, 4) is 0 Å². The minimum Gasteiger partial charge on any atom is -0.468 e. The third-order valence-corrected chi connectivity index (χ3v) is 5.34. The zero-order valence-corrected chi connectivity index (χ0v) is 14.0. The molecular formula is C15H18N2O5S. The van der Waals surface area contributed by atoms with Crippen LogP contribution in [0.25, 0.3) is 0 Å². The van der Waals surface area contributed by atoms with Crippen LogP contribution in [0.2, 0.25) is 0 Å². The number of nitrogens with zero attached hydrogens (tertiary/aromatic N) is 2. The standard InChI is InChI=1S/C15H18N2O5S/c1-11-15(12(2)22-16-11)23(19,20)17(10-14(18)21-3)9-13-7-5-4-6-8-13/h4-8H,9-10H2,1-3H3. The summed E-state index contributed by atoms with van der Waals surface area (Å²) in [7, 11) is -2.73. The fourth-order valence-electron chi connectivity index (χ4n) is 2.19. The highest BCUT2D eigenvalue weighted by atomic mass is 32.2. The van der Waals surface area contributed by atoms with E-state index in [0.29, 0.717) is 0 Å². The zero-order chi connectivity index (χ0) is 17.0. The maximum Gasteiger partial charge on any atom is 0.321 e. The molecule has 0 amide bonds. The summed E-state index contributed by atoms with van der Waals surface area (Å²) in [4.78, 5) is 11.6. The van der Waals surface area contributed by atoms with E-state index in [1.165, 1.54) is 14.0 Å². The average Bonchev–Trinajstić information content (AvgIpc) is 2.87. The van der Waals surface area contributed by atoms with Gasteiger partial charge in [-0.3, -0.25) is 4.79 Å². The highest BCUT2D eigenvalue weighted by molar-refractivity contribution is 7.89. The van der Waals surface area contributed by atoms with Crippen molar-refractivity contribution in [1.82, 2.24) is 9.46 Å². The van der Waals surface area contributed by atoms with Crippen molar-refractivity contribution in [3.63, 3.8) is 0 Å². The smallest absolute Gasteiger partial charge is 0.321 e. The van der Waals surface area contributed by atoms with E-state index in [0.717, 1.165) is 9.87 Å². The summed E-state index contributed by atoms with van der Waals surface area (Å²) >= 11 is 0. The summed E-state index contributed by atoms with van der Waals surface area (Å²) in [6.45, 7) is 2.72. The van der Waals surface area contributed by atoms with E-state index < -0.39 is 22.5 Å². The van der Waals surface area contributed by atoms with Crippen LogP contribution in [0.5, 0.6) is 0 Å². The Kier molecular flexibility index (Phi) is 5.17. The van der Waals surface area contributed by atoms with Gasteiger partial charge in [0.25, 0.3) is 0 Å². The molecule has 0 saturated heterocycles. The molecule has 8 heteroatoms. The van der Waals surface area contributed by atoms with Gasteiger partial charge in [0, 0.05) is 6.54 Å². The van der Waals surface area contributed by atoms with Crippen molar-refractivity contribution in [3.05, 3.63) is 47.3 Å². The number of methoxy groups -OCH3 is 1. The SMILES string of the molecule is COC(=O)CN(Cc1ccccc1)S(=O)(=O)c1c(C)noc1C. The number of carbonyl (C=O) groups excluding carboxylic acids is 1. The minimum atomic E-state index is -3.95. The van der Waals surface area contributed by atoms with Crippen LogP contribution >= 0.6 is 0 Å². The summed E-state index contributed by atoms with van der Waals surface area (Å²) in [5, 5.41) is 3.67. The Labute approximate surface area is 134 Å². The van der Waals surface area contributed by atoms with Crippen molar-refractivity contribution in [2.24, 2.45) is 0 Å². The summed E-state index contributed by atoms with van der Waals surface area (Å²) in [6, 6.07) is 9.00. The number of aryl methyl sites for hydroxylation is 2. The molecule has 2 rings (SSSR count). The molecule has 1 aromatic heterocycles. The molecule has 0 fully saturated rings. The summed E-state index contributed by atoms with van der Waals surface area (Å²) in [5.41, 5.74) is 1.01. The first kappa shape index (κ1) is 17.2. The van der Waals surface area contributed by atoms with Gasteiger partial charge in [-0.15, -0.1) is 0 Å². The maximum absolute atomic E-state index is 12.9. The molecule has 2 aromatic rings. The number of hydrogen-bond acceptors (Lipinski definition) is 6. The molecule has 0 bridgehead atoms. The molecule has 0 aliphatic rings. The van der Waals surface area contributed by atoms with Crippen molar-refractivity contribution in [1.29, 1.82) is 0 Å². The van der Waals surface area contributed by atoms with E-state index in [4.69, 9.17) is 4.52 Å². The fraction of sp³-hybridized carbons (Fsp3) is 0.333. The number of hydrogen-bond donors (Lipinski definition) is 0. The van der Waals surface area contributed by atoms with E-state index in [9.17, 15) is 13.2 Å². The predicted octanol–water partition coefficient (Wildman–Crippen LogP) is 1.66. The van der Waals surface area contributed by atoms with Crippen molar-refractivity contribution in [2.45, 2.75) is 25.3 Å². The van der Waals surface area contributed by atoms with Crippen LogP contribution in [-0.2, 0) is 26.1 Å². The monoisotopic (exact) mass is 338 g/mol. The lowest BCUT2D eigenvalue weighted by Crippen LogP contribution is -2.36. The Morgan fingerprint density at radius 2 is 1.91 bits per heavy atom. The van der Waals surface area contributed by atoms with E-state index in [1.54, 1.807) is 31.2 Å². The first-order valence-electron chi connectivity index (χ1n) is 6.90. The van der Waals surface area contributed by atoms with Gasteiger partial charge < -0.3 is 9.26 Å². The molecule has 0 aliphatic carbocycles. The largest absolute Gasteiger partial charge is 0.468 e. The summed E-state index contributed by atoms with van der Waals surface area (Å²) in [6.07, 6.45) is 0. The predicted molar refractivity (Wildman–Crippen MR) is 82.0 cm³/mol. The molecular weight excluding hydrogens is 320 g/mol. The van der Waals surface area contributed by atoms with Crippen molar-refractivity contribution >= 4 is 16.0 Å². The molecule has 0 unspecified atom stereocenters. The summed E-state index contributed by atoms with van der Waals surface area (Å²) < 4.78 is 36.4. The van der Waals surface area contributed by atoms with Crippen molar-refractivity contribution in [2.75, 3.05) is 13.7 Å². The molecule has 0 saturated carbocycles. The highest BCUT2D eigenvalue weighted by Gasteiger charge is 2.32. The van der Waals surface area contributed by atoms with Crippen LogP contribution in [0, 0.1) is 13.8 Å². The lowest BCUT2D eigenvalue weighted by molar-refractivity contribution is -0.140. The van der Waals surface area contributed by atoms with Gasteiger partial charge in [-0.2, -0.15) is 4.31 Å². The Balaban J connectivity index is 2.42. The Morgan fingerprint density at radius 1 is 1.26 bits per heavy atom. The molecule has 0 aliphatic heterocycles. The van der Waals surface area contributed by atoms with Crippen LogP contribution in [0.1, 0.15) is 17.0 Å². The van der Waals surface area contributed by atoms with Crippen molar-refractivity contribution < 1.29 is 22.5 Å². The number of benzene rings is 1. The van der Waals surface area contributed by atoms with Gasteiger partial charge >= 0.3 is 5.97 Å². The molecule has 0 N–H and O–H groups in total. The first-order chi connectivity index (χ1) is 10.9. The van der Waals surface area contributed by atoms with E-state index in [1.807, 2.05) is 6.07 Å². The number of esters is 1. The highest BCUT2D eigenvalue weighted by Crippen LogP contribution is 2.24. The molecule has 0 atom stereocenters. The minimum absolute atomic E-state index is 0.0164.